The second-order valence-electron chi connectivity index (χ2n) is 4.67. The molecule has 0 spiro atoms. The summed E-state index contributed by atoms with van der Waals surface area (Å²) in [5.74, 6) is 0.130. The van der Waals surface area contributed by atoms with Crippen LogP contribution in [-0.2, 0) is 0 Å². The summed E-state index contributed by atoms with van der Waals surface area (Å²) in [6.07, 6.45) is 1.53. The van der Waals surface area contributed by atoms with E-state index in [4.69, 9.17) is 9.47 Å². The summed E-state index contributed by atoms with van der Waals surface area (Å²) in [6.45, 7) is 0. The number of nitro benzene ring substituents is 1. The average molecular weight is 314 g/mol. The van der Waals surface area contributed by atoms with Gasteiger partial charge >= 0.3 is 0 Å². The minimum absolute atomic E-state index is 0.0982. The van der Waals surface area contributed by atoms with Gasteiger partial charge in [0, 0.05) is 23.7 Å². The average Bonchev–Trinajstić information content (AvgIpc) is 2.56. The fourth-order valence-corrected chi connectivity index (χ4v) is 2.12. The van der Waals surface area contributed by atoms with Crippen molar-refractivity contribution in [2.75, 3.05) is 7.11 Å². The van der Waals surface area contributed by atoms with Crippen molar-refractivity contribution in [3.8, 4) is 17.2 Å². The maximum Gasteiger partial charge on any atom is 0.272 e. The van der Waals surface area contributed by atoms with Crippen LogP contribution in [0.2, 0.25) is 0 Å². The van der Waals surface area contributed by atoms with Crippen LogP contribution in [0.3, 0.4) is 0 Å². The molecule has 0 aliphatic heterocycles. The van der Waals surface area contributed by atoms with E-state index in [1.165, 1.54) is 18.3 Å². The molecule has 1 heterocycles. The van der Waals surface area contributed by atoms with E-state index in [0.29, 0.717) is 22.4 Å². The summed E-state index contributed by atoms with van der Waals surface area (Å²) in [5.41, 5.74) is 0.295. The molecule has 0 amide bonds. The molecule has 3 rings (SSSR count). The molecule has 0 aliphatic rings. The molecule has 0 N–H and O–H groups in total. The van der Waals surface area contributed by atoms with Crippen molar-refractivity contribution in [3.63, 3.8) is 0 Å². The Bertz CT molecular complexity index is 898. The minimum atomic E-state index is -0.808. The number of ether oxygens (including phenoxy) is 2. The number of rotatable bonds is 4. The highest BCUT2D eigenvalue weighted by molar-refractivity contribution is 5.86. The van der Waals surface area contributed by atoms with E-state index in [2.05, 4.69) is 4.98 Å². The van der Waals surface area contributed by atoms with E-state index in [1.807, 2.05) is 0 Å². The Kier molecular flexibility index (Phi) is 3.76. The molecule has 0 bridgehead atoms. The van der Waals surface area contributed by atoms with Crippen LogP contribution in [0.5, 0.6) is 17.2 Å². The summed E-state index contributed by atoms with van der Waals surface area (Å²) in [6, 6.07) is 10.0. The Hall–Kier alpha value is -3.22. The lowest BCUT2D eigenvalue weighted by Crippen LogP contribution is -1.93. The predicted molar refractivity (Wildman–Crippen MR) is 81.4 cm³/mol. The van der Waals surface area contributed by atoms with Crippen molar-refractivity contribution in [1.82, 2.24) is 4.98 Å². The summed E-state index contributed by atoms with van der Waals surface area (Å²) >= 11 is 0. The number of non-ortho nitro benzene ring substituents is 1. The van der Waals surface area contributed by atoms with E-state index >= 15 is 0 Å². The molecule has 0 fully saturated rings. The van der Waals surface area contributed by atoms with Gasteiger partial charge in [-0.1, -0.05) is 0 Å². The zero-order valence-electron chi connectivity index (χ0n) is 12.0. The normalized spacial score (nSPS) is 10.5. The number of aromatic nitrogens is 1. The molecule has 0 unspecified atom stereocenters. The number of halogens is 1. The Morgan fingerprint density at radius 3 is 2.65 bits per heavy atom. The number of nitrogens with zero attached hydrogens (tertiary/aromatic N) is 2. The van der Waals surface area contributed by atoms with Gasteiger partial charge in [0.15, 0.2) is 11.6 Å². The van der Waals surface area contributed by atoms with Crippen LogP contribution in [0, 0.1) is 15.9 Å². The van der Waals surface area contributed by atoms with E-state index in [-0.39, 0.29) is 11.4 Å². The second-order valence-corrected chi connectivity index (χ2v) is 4.67. The number of hydrogen-bond donors (Lipinski definition) is 0. The molecule has 0 radical (unpaired) electrons. The third kappa shape index (κ3) is 2.89. The quantitative estimate of drug-likeness (QED) is 0.536. The molecule has 116 valence electrons. The molecule has 23 heavy (non-hydrogen) atoms. The lowest BCUT2D eigenvalue weighted by molar-refractivity contribution is -0.385. The van der Waals surface area contributed by atoms with Crippen LogP contribution in [0.1, 0.15) is 0 Å². The highest BCUT2D eigenvalue weighted by Crippen LogP contribution is 2.32. The van der Waals surface area contributed by atoms with Gasteiger partial charge in [0.1, 0.15) is 11.5 Å². The van der Waals surface area contributed by atoms with Gasteiger partial charge in [-0.05, 0) is 24.3 Å². The second kappa shape index (κ2) is 5.88. The van der Waals surface area contributed by atoms with Crippen LogP contribution in [0.25, 0.3) is 10.9 Å². The molecule has 0 saturated heterocycles. The Morgan fingerprint density at radius 1 is 1.13 bits per heavy atom. The van der Waals surface area contributed by atoms with Crippen molar-refractivity contribution >= 4 is 16.6 Å². The number of hydrogen-bond acceptors (Lipinski definition) is 5. The monoisotopic (exact) mass is 314 g/mol. The van der Waals surface area contributed by atoms with E-state index < -0.39 is 10.7 Å². The lowest BCUT2D eigenvalue weighted by Gasteiger charge is -2.10. The number of nitro groups is 1. The summed E-state index contributed by atoms with van der Waals surface area (Å²) in [5, 5.41) is 11.3. The van der Waals surface area contributed by atoms with Gasteiger partial charge in [-0.2, -0.15) is 0 Å². The highest BCUT2D eigenvalue weighted by atomic mass is 19.1. The predicted octanol–water partition coefficient (Wildman–Crippen LogP) is 4.08. The van der Waals surface area contributed by atoms with Crippen molar-refractivity contribution in [2.24, 2.45) is 0 Å². The van der Waals surface area contributed by atoms with Gasteiger partial charge in [-0.15, -0.1) is 0 Å². The first-order valence-corrected chi connectivity index (χ1v) is 6.63. The first kappa shape index (κ1) is 14.7. The third-order valence-corrected chi connectivity index (χ3v) is 3.26. The fraction of sp³-hybridized carbons (Fsp3) is 0.0625. The van der Waals surface area contributed by atoms with Crippen molar-refractivity contribution in [2.45, 2.75) is 0 Å². The largest absolute Gasteiger partial charge is 0.497 e. The zero-order valence-corrected chi connectivity index (χ0v) is 12.0. The molecule has 0 saturated carbocycles. The Balaban J connectivity index is 2.00. The molecular weight excluding hydrogens is 303 g/mol. The van der Waals surface area contributed by atoms with Crippen molar-refractivity contribution < 1.29 is 18.8 Å². The van der Waals surface area contributed by atoms with Crippen molar-refractivity contribution in [1.29, 1.82) is 0 Å². The zero-order chi connectivity index (χ0) is 16.4. The summed E-state index contributed by atoms with van der Waals surface area (Å²) < 4.78 is 24.6. The van der Waals surface area contributed by atoms with Gasteiger partial charge in [0.2, 0.25) is 0 Å². The summed E-state index contributed by atoms with van der Waals surface area (Å²) in [7, 11) is 1.55. The topological polar surface area (TPSA) is 74.5 Å². The molecule has 3 aromatic rings. The van der Waals surface area contributed by atoms with E-state index in [9.17, 15) is 14.5 Å². The third-order valence-electron chi connectivity index (χ3n) is 3.26. The standard InChI is InChI=1S/C16H11FN2O4/c1-22-11-3-4-12-14(9-11)18-7-6-15(12)23-16-5-2-10(19(20)21)8-13(16)17/h2-9H,1H3. The van der Waals surface area contributed by atoms with Gasteiger partial charge in [-0.3, -0.25) is 15.1 Å². The van der Waals surface area contributed by atoms with E-state index in [0.717, 1.165) is 6.07 Å². The highest BCUT2D eigenvalue weighted by Gasteiger charge is 2.13. The van der Waals surface area contributed by atoms with Crippen LogP contribution in [-0.4, -0.2) is 17.0 Å². The SMILES string of the molecule is COc1ccc2c(Oc3ccc([N+](=O)[O-])cc3F)ccnc2c1. The minimum Gasteiger partial charge on any atom is -0.497 e. The van der Waals surface area contributed by atoms with Gasteiger partial charge in [-0.25, -0.2) is 4.39 Å². The van der Waals surface area contributed by atoms with Crippen LogP contribution < -0.4 is 9.47 Å². The number of benzene rings is 2. The molecule has 0 atom stereocenters. The first-order valence-electron chi connectivity index (χ1n) is 6.63. The maximum absolute atomic E-state index is 13.9. The van der Waals surface area contributed by atoms with Gasteiger partial charge < -0.3 is 9.47 Å². The van der Waals surface area contributed by atoms with Gasteiger partial charge in [0.05, 0.1) is 23.6 Å². The fourth-order valence-electron chi connectivity index (χ4n) is 2.12. The van der Waals surface area contributed by atoms with Crippen molar-refractivity contribution in [3.05, 3.63) is 64.6 Å². The summed E-state index contributed by atoms with van der Waals surface area (Å²) in [4.78, 5) is 14.2. The maximum atomic E-state index is 13.9. The lowest BCUT2D eigenvalue weighted by atomic mass is 10.2. The smallest absolute Gasteiger partial charge is 0.272 e. The molecular formula is C16H11FN2O4. The molecule has 0 aliphatic carbocycles. The molecule has 7 heteroatoms. The van der Waals surface area contributed by atoms with Gasteiger partial charge in [0.25, 0.3) is 5.69 Å². The number of fused-ring (bicyclic) bond motifs is 1. The molecule has 1 aromatic heterocycles. The molecule has 6 nitrogen and oxygen atoms in total. The van der Waals surface area contributed by atoms with E-state index in [1.54, 1.807) is 31.4 Å². The van der Waals surface area contributed by atoms with Crippen LogP contribution in [0.4, 0.5) is 10.1 Å². The first-order chi connectivity index (χ1) is 11.1. The Labute approximate surface area is 130 Å². The van der Waals surface area contributed by atoms with Crippen LogP contribution in [0.15, 0.2) is 48.7 Å². The number of pyridine rings is 1. The Morgan fingerprint density at radius 2 is 1.96 bits per heavy atom. The number of methoxy groups -OCH3 is 1. The van der Waals surface area contributed by atoms with Crippen LogP contribution >= 0.6 is 0 Å². The molecule has 2 aromatic carbocycles.